The van der Waals surface area contributed by atoms with E-state index >= 15 is 0 Å². The lowest BCUT2D eigenvalue weighted by Crippen LogP contribution is -2.51. The molecule has 1 unspecified atom stereocenters. The standard InChI is InChI=1S/C13H25ClN4/c1-6-17(7-2)13(4,5)12(15)11-10(14)9-16-18(11)8-3/h9,12H,6-8,15H2,1-5H3. The van der Waals surface area contributed by atoms with E-state index in [4.69, 9.17) is 17.3 Å². The zero-order chi connectivity index (χ0) is 13.9. The van der Waals surface area contributed by atoms with E-state index in [0.717, 1.165) is 25.3 Å². The fourth-order valence-electron chi connectivity index (χ4n) is 2.50. The van der Waals surface area contributed by atoms with Crippen LogP contribution in [0.5, 0.6) is 0 Å². The van der Waals surface area contributed by atoms with Crippen molar-refractivity contribution < 1.29 is 0 Å². The van der Waals surface area contributed by atoms with Gasteiger partial charge in [-0.1, -0.05) is 25.4 Å². The van der Waals surface area contributed by atoms with Crippen LogP contribution in [0, 0.1) is 0 Å². The van der Waals surface area contributed by atoms with Crippen molar-refractivity contribution >= 4 is 11.6 Å². The highest BCUT2D eigenvalue weighted by Gasteiger charge is 2.35. The van der Waals surface area contributed by atoms with E-state index in [1.807, 2.05) is 11.6 Å². The van der Waals surface area contributed by atoms with Gasteiger partial charge in [-0.15, -0.1) is 0 Å². The SMILES string of the molecule is CCN(CC)C(C)(C)C(N)c1c(Cl)cnn1CC. The molecule has 1 aromatic heterocycles. The molecule has 18 heavy (non-hydrogen) atoms. The molecule has 0 radical (unpaired) electrons. The maximum Gasteiger partial charge on any atom is 0.0834 e. The minimum Gasteiger partial charge on any atom is -0.321 e. The highest BCUT2D eigenvalue weighted by Crippen LogP contribution is 2.32. The van der Waals surface area contributed by atoms with Gasteiger partial charge in [0, 0.05) is 12.1 Å². The van der Waals surface area contributed by atoms with E-state index in [9.17, 15) is 0 Å². The van der Waals surface area contributed by atoms with Crippen LogP contribution >= 0.6 is 11.6 Å². The highest BCUT2D eigenvalue weighted by atomic mass is 35.5. The largest absolute Gasteiger partial charge is 0.321 e. The Morgan fingerprint density at radius 2 is 1.94 bits per heavy atom. The van der Waals surface area contributed by atoms with Crippen molar-refractivity contribution in [3.63, 3.8) is 0 Å². The normalized spacial score (nSPS) is 14.2. The second kappa shape index (κ2) is 6.04. The number of nitrogens with zero attached hydrogens (tertiary/aromatic N) is 3. The molecule has 0 aliphatic heterocycles. The van der Waals surface area contributed by atoms with Gasteiger partial charge in [-0.05, 0) is 33.9 Å². The molecule has 0 aliphatic rings. The molecule has 0 amide bonds. The Morgan fingerprint density at radius 3 is 2.39 bits per heavy atom. The summed E-state index contributed by atoms with van der Waals surface area (Å²) in [4.78, 5) is 2.35. The molecule has 0 bridgehead atoms. The van der Waals surface area contributed by atoms with E-state index in [0.29, 0.717) is 5.02 Å². The van der Waals surface area contributed by atoms with Gasteiger partial charge < -0.3 is 5.73 Å². The average Bonchev–Trinajstić information content (AvgIpc) is 2.70. The first kappa shape index (κ1) is 15.5. The molecule has 1 atom stereocenters. The van der Waals surface area contributed by atoms with Crippen molar-refractivity contribution in [2.45, 2.75) is 52.7 Å². The second-order valence-corrected chi connectivity index (χ2v) is 5.40. The first-order valence-electron chi connectivity index (χ1n) is 6.61. The van der Waals surface area contributed by atoms with Crippen LogP contribution in [0.1, 0.15) is 46.4 Å². The maximum atomic E-state index is 6.46. The van der Waals surface area contributed by atoms with Gasteiger partial charge in [0.1, 0.15) is 0 Å². The fraction of sp³-hybridized carbons (Fsp3) is 0.769. The zero-order valence-electron chi connectivity index (χ0n) is 12.1. The number of rotatable bonds is 6. The Morgan fingerprint density at radius 1 is 1.39 bits per heavy atom. The van der Waals surface area contributed by atoms with Crippen LogP contribution in [0.3, 0.4) is 0 Å². The predicted molar refractivity (Wildman–Crippen MR) is 76.8 cm³/mol. The van der Waals surface area contributed by atoms with Gasteiger partial charge in [-0.25, -0.2) is 0 Å². The van der Waals surface area contributed by atoms with Gasteiger partial charge in [0.2, 0.25) is 0 Å². The van der Waals surface area contributed by atoms with E-state index in [-0.39, 0.29) is 11.6 Å². The molecule has 2 N–H and O–H groups in total. The number of likely N-dealkylation sites (N-methyl/N-ethyl adjacent to an activating group) is 1. The molecular weight excluding hydrogens is 248 g/mol. The molecule has 1 rings (SSSR count). The molecule has 0 saturated heterocycles. The predicted octanol–water partition coefficient (Wildman–Crippen LogP) is 2.68. The first-order valence-corrected chi connectivity index (χ1v) is 6.99. The van der Waals surface area contributed by atoms with Gasteiger partial charge >= 0.3 is 0 Å². The van der Waals surface area contributed by atoms with Crippen molar-refractivity contribution in [3.8, 4) is 0 Å². The summed E-state index contributed by atoms with van der Waals surface area (Å²) in [5.41, 5.74) is 7.23. The van der Waals surface area contributed by atoms with Crippen molar-refractivity contribution in [1.82, 2.24) is 14.7 Å². The summed E-state index contributed by atoms with van der Waals surface area (Å²) in [7, 11) is 0. The van der Waals surface area contributed by atoms with Crippen LogP contribution in [0.4, 0.5) is 0 Å². The van der Waals surface area contributed by atoms with Gasteiger partial charge in [0.25, 0.3) is 0 Å². The minimum absolute atomic E-state index is 0.153. The van der Waals surface area contributed by atoms with Gasteiger partial charge in [0.05, 0.1) is 23.0 Å². The minimum atomic E-state index is -0.160. The Labute approximate surface area is 115 Å². The van der Waals surface area contributed by atoms with Crippen LogP contribution in [-0.4, -0.2) is 33.3 Å². The molecule has 5 heteroatoms. The van der Waals surface area contributed by atoms with Crippen LogP contribution < -0.4 is 5.73 Å². The average molecular weight is 273 g/mol. The van der Waals surface area contributed by atoms with Crippen LogP contribution in [0.25, 0.3) is 0 Å². The smallest absolute Gasteiger partial charge is 0.0834 e. The lowest BCUT2D eigenvalue weighted by Gasteiger charge is -2.41. The topological polar surface area (TPSA) is 47.1 Å². The maximum absolute atomic E-state index is 6.46. The lowest BCUT2D eigenvalue weighted by atomic mass is 9.90. The van der Waals surface area contributed by atoms with Gasteiger partial charge in [-0.2, -0.15) is 5.10 Å². The quantitative estimate of drug-likeness (QED) is 0.866. The van der Waals surface area contributed by atoms with Crippen LogP contribution in [0.15, 0.2) is 6.20 Å². The molecule has 0 saturated carbocycles. The van der Waals surface area contributed by atoms with Crippen molar-refractivity contribution in [1.29, 1.82) is 0 Å². The summed E-state index contributed by atoms with van der Waals surface area (Å²) in [6, 6.07) is -0.160. The van der Waals surface area contributed by atoms with E-state index in [2.05, 4.69) is 37.7 Å². The third-order valence-electron chi connectivity index (χ3n) is 3.77. The van der Waals surface area contributed by atoms with E-state index in [1.165, 1.54) is 0 Å². The summed E-state index contributed by atoms with van der Waals surface area (Å²) in [6.45, 7) is 13.4. The summed E-state index contributed by atoms with van der Waals surface area (Å²) in [5, 5.41) is 4.92. The Hall–Kier alpha value is -0.580. The molecule has 0 spiro atoms. The molecule has 4 nitrogen and oxygen atoms in total. The van der Waals surface area contributed by atoms with Crippen molar-refractivity contribution in [2.75, 3.05) is 13.1 Å². The number of nitrogens with two attached hydrogens (primary N) is 1. The van der Waals surface area contributed by atoms with E-state index < -0.39 is 0 Å². The summed E-state index contributed by atoms with van der Waals surface area (Å²) >= 11 is 6.23. The number of hydrogen-bond donors (Lipinski definition) is 1. The summed E-state index contributed by atoms with van der Waals surface area (Å²) < 4.78 is 1.89. The van der Waals surface area contributed by atoms with Gasteiger partial charge in [0.15, 0.2) is 0 Å². The highest BCUT2D eigenvalue weighted by molar-refractivity contribution is 6.31. The number of halogens is 1. The Kier molecular flexibility index (Phi) is 5.20. The Balaban J connectivity index is 3.11. The molecule has 0 fully saturated rings. The zero-order valence-corrected chi connectivity index (χ0v) is 12.8. The van der Waals surface area contributed by atoms with Crippen LogP contribution in [0.2, 0.25) is 5.02 Å². The van der Waals surface area contributed by atoms with Gasteiger partial charge in [-0.3, -0.25) is 9.58 Å². The third-order valence-corrected chi connectivity index (χ3v) is 4.06. The number of hydrogen-bond acceptors (Lipinski definition) is 3. The molecule has 104 valence electrons. The molecule has 1 aromatic rings. The molecule has 0 aromatic carbocycles. The van der Waals surface area contributed by atoms with E-state index in [1.54, 1.807) is 6.20 Å². The second-order valence-electron chi connectivity index (χ2n) is 5.00. The fourth-order valence-corrected chi connectivity index (χ4v) is 2.76. The number of aromatic nitrogens is 2. The Bertz CT molecular complexity index is 382. The molecular formula is C13H25ClN4. The molecule has 0 aliphatic carbocycles. The third kappa shape index (κ3) is 2.71. The summed E-state index contributed by atoms with van der Waals surface area (Å²) in [6.07, 6.45) is 1.68. The monoisotopic (exact) mass is 272 g/mol. The lowest BCUT2D eigenvalue weighted by molar-refractivity contribution is 0.103. The molecule has 1 heterocycles. The van der Waals surface area contributed by atoms with Crippen molar-refractivity contribution in [2.24, 2.45) is 5.73 Å². The van der Waals surface area contributed by atoms with Crippen LogP contribution in [-0.2, 0) is 6.54 Å². The number of aryl methyl sites for hydroxylation is 1. The summed E-state index contributed by atoms with van der Waals surface area (Å²) in [5.74, 6) is 0. The van der Waals surface area contributed by atoms with Crippen molar-refractivity contribution in [3.05, 3.63) is 16.9 Å². The first-order chi connectivity index (χ1) is 8.39.